The number of primary amides is 1. The Kier molecular flexibility index (Phi) is 6.49. The summed E-state index contributed by atoms with van der Waals surface area (Å²) in [4.78, 5) is 13.3. The van der Waals surface area contributed by atoms with E-state index in [1.807, 2.05) is 36.4 Å². The highest BCUT2D eigenvalue weighted by atomic mass is 16.2. The summed E-state index contributed by atoms with van der Waals surface area (Å²) < 4.78 is 0. The number of nitrogens with zero attached hydrogens (tertiary/aromatic N) is 1. The topological polar surface area (TPSA) is 46.3 Å². The van der Waals surface area contributed by atoms with E-state index in [2.05, 4.69) is 24.3 Å². The molecular weight excluding hydrogens is 272 g/mol. The van der Waals surface area contributed by atoms with Crippen molar-refractivity contribution in [2.45, 2.75) is 25.7 Å². The predicted octanol–water partition coefficient (Wildman–Crippen LogP) is 3.63. The highest BCUT2D eigenvalue weighted by molar-refractivity contribution is 5.71. The quantitative estimate of drug-likeness (QED) is 0.794. The fourth-order valence-corrected chi connectivity index (χ4v) is 2.57. The Labute approximate surface area is 132 Å². The second-order valence-corrected chi connectivity index (χ2v) is 5.50. The van der Waals surface area contributed by atoms with E-state index in [1.165, 1.54) is 11.1 Å². The predicted molar refractivity (Wildman–Crippen MR) is 90.7 cm³/mol. The number of aryl methyl sites for hydroxylation is 2. The number of benzene rings is 2. The molecule has 0 aliphatic heterocycles. The summed E-state index contributed by atoms with van der Waals surface area (Å²) in [7, 11) is 0. The highest BCUT2D eigenvalue weighted by Gasteiger charge is 2.08. The third kappa shape index (κ3) is 5.60. The fraction of sp³-hybridized carbons (Fsp3) is 0.316. The number of hydrogen-bond donors (Lipinski definition) is 1. The van der Waals surface area contributed by atoms with Crippen LogP contribution in [0.2, 0.25) is 0 Å². The van der Waals surface area contributed by atoms with E-state index in [0.29, 0.717) is 0 Å². The van der Waals surface area contributed by atoms with E-state index < -0.39 is 0 Å². The number of amides is 2. The van der Waals surface area contributed by atoms with E-state index in [-0.39, 0.29) is 6.03 Å². The summed E-state index contributed by atoms with van der Waals surface area (Å²) in [5.74, 6) is 0. The molecule has 0 aliphatic rings. The maximum Gasteiger partial charge on any atom is 0.314 e. The normalized spacial score (nSPS) is 10.4. The van der Waals surface area contributed by atoms with Gasteiger partial charge in [0.1, 0.15) is 0 Å². The second kappa shape index (κ2) is 8.88. The number of carbonyl (C=O) groups is 1. The zero-order valence-corrected chi connectivity index (χ0v) is 12.9. The summed E-state index contributed by atoms with van der Waals surface area (Å²) in [6.45, 7) is 1.44. The van der Waals surface area contributed by atoms with Crippen molar-refractivity contribution in [3.63, 3.8) is 0 Å². The number of carbonyl (C=O) groups excluding carboxylic acids is 1. The summed E-state index contributed by atoms with van der Waals surface area (Å²) in [6, 6.07) is 20.3. The van der Waals surface area contributed by atoms with Gasteiger partial charge in [-0.3, -0.25) is 0 Å². The average molecular weight is 296 g/mol. The summed E-state index contributed by atoms with van der Waals surface area (Å²) in [5.41, 5.74) is 8.09. The molecule has 2 aromatic rings. The SMILES string of the molecule is NC(=O)N(CCCc1ccccc1)CCCc1ccccc1. The Morgan fingerprint density at radius 1 is 0.773 bits per heavy atom. The van der Waals surface area contributed by atoms with Crippen LogP contribution in [0, 0.1) is 0 Å². The van der Waals surface area contributed by atoms with E-state index in [0.717, 1.165) is 38.8 Å². The van der Waals surface area contributed by atoms with Crippen LogP contribution in [0.4, 0.5) is 4.79 Å². The van der Waals surface area contributed by atoms with Crippen LogP contribution in [0.15, 0.2) is 60.7 Å². The third-order valence-electron chi connectivity index (χ3n) is 3.78. The van der Waals surface area contributed by atoms with Crippen LogP contribution in [-0.4, -0.2) is 24.0 Å². The van der Waals surface area contributed by atoms with Gasteiger partial charge in [0, 0.05) is 13.1 Å². The van der Waals surface area contributed by atoms with Gasteiger partial charge in [0.2, 0.25) is 0 Å². The van der Waals surface area contributed by atoms with Crippen molar-refractivity contribution >= 4 is 6.03 Å². The van der Waals surface area contributed by atoms with Gasteiger partial charge in [-0.25, -0.2) is 4.79 Å². The van der Waals surface area contributed by atoms with Crippen LogP contribution in [-0.2, 0) is 12.8 Å². The van der Waals surface area contributed by atoms with Crippen molar-refractivity contribution in [2.75, 3.05) is 13.1 Å². The Morgan fingerprint density at radius 3 is 1.55 bits per heavy atom. The summed E-state index contributed by atoms with van der Waals surface area (Å²) in [6.07, 6.45) is 3.84. The lowest BCUT2D eigenvalue weighted by Crippen LogP contribution is -2.37. The largest absolute Gasteiger partial charge is 0.351 e. The van der Waals surface area contributed by atoms with E-state index in [9.17, 15) is 4.79 Å². The van der Waals surface area contributed by atoms with Crippen molar-refractivity contribution in [1.29, 1.82) is 0 Å². The van der Waals surface area contributed by atoms with Gasteiger partial charge in [-0.1, -0.05) is 60.7 Å². The van der Waals surface area contributed by atoms with E-state index >= 15 is 0 Å². The molecule has 22 heavy (non-hydrogen) atoms. The first-order valence-corrected chi connectivity index (χ1v) is 7.88. The number of urea groups is 1. The first kappa shape index (κ1) is 16.1. The van der Waals surface area contributed by atoms with Crippen LogP contribution in [0.1, 0.15) is 24.0 Å². The number of nitrogens with two attached hydrogens (primary N) is 1. The number of rotatable bonds is 8. The minimum atomic E-state index is -0.318. The molecule has 3 nitrogen and oxygen atoms in total. The van der Waals surface area contributed by atoms with Crippen LogP contribution < -0.4 is 5.73 Å². The summed E-state index contributed by atoms with van der Waals surface area (Å²) in [5, 5.41) is 0. The van der Waals surface area contributed by atoms with E-state index in [4.69, 9.17) is 5.73 Å². The molecule has 116 valence electrons. The number of hydrogen-bond acceptors (Lipinski definition) is 1. The Morgan fingerprint density at radius 2 is 1.18 bits per heavy atom. The molecule has 2 N–H and O–H groups in total. The zero-order valence-electron chi connectivity index (χ0n) is 12.9. The lowest BCUT2D eigenvalue weighted by Gasteiger charge is -2.20. The highest BCUT2D eigenvalue weighted by Crippen LogP contribution is 2.06. The van der Waals surface area contributed by atoms with Crippen molar-refractivity contribution in [3.05, 3.63) is 71.8 Å². The van der Waals surface area contributed by atoms with Crippen molar-refractivity contribution in [2.24, 2.45) is 5.73 Å². The van der Waals surface area contributed by atoms with Gasteiger partial charge in [-0.05, 0) is 36.8 Å². The zero-order chi connectivity index (χ0) is 15.6. The first-order chi connectivity index (χ1) is 10.8. The van der Waals surface area contributed by atoms with Crippen molar-refractivity contribution in [1.82, 2.24) is 4.90 Å². The molecule has 0 saturated carbocycles. The van der Waals surface area contributed by atoms with Crippen LogP contribution in [0.3, 0.4) is 0 Å². The van der Waals surface area contributed by atoms with E-state index in [1.54, 1.807) is 4.90 Å². The van der Waals surface area contributed by atoms with Crippen LogP contribution in [0.25, 0.3) is 0 Å². The monoisotopic (exact) mass is 296 g/mol. The molecule has 0 aliphatic carbocycles. The molecule has 0 fully saturated rings. The molecule has 0 heterocycles. The van der Waals surface area contributed by atoms with Gasteiger partial charge in [0.15, 0.2) is 0 Å². The molecule has 2 aromatic carbocycles. The molecule has 2 amide bonds. The van der Waals surface area contributed by atoms with Crippen LogP contribution in [0.5, 0.6) is 0 Å². The Hall–Kier alpha value is -2.29. The molecule has 0 bridgehead atoms. The van der Waals surface area contributed by atoms with Crippen molar-refractivity contribution in [3.8, 4) is 0 Å². The Balaban J connectivity index is 1.72. The summed E-state index contributed by atoms with van der Waals surface area (Å²) >= 11 is 0. The molecule has 2 rings (SSSR count). The maximum atomic E-state index is 11.5. The molecule has 3 heteroatoms. The standard InChI is InChI=1S/C19H24N2O/c20-19(22)21(15-7-13-17-9-3-1-4-10-17)16-8-14-18-11-5-2-6-12-18/h1-6,9-12H,7-8,13-16H2,(H2,20,22). The third-order valence-corrected chi connectivity index (χ3v) is 3.78. The minimum Gasteiger partial charge on any atom is -0.351 e. The molecule has 0 aromatic heterocycles. The smallest absolute Gasteiger partial charge is 0.314 e. The van der Waals surface area contributed by atoms with Gasteiger partial charge in [0.05, 0.1) is 0 Å². The second-order valence-electron chi connectivity index (χ2n) is 5.50. The molecule has 0 saturated heterocycles. The minimum absolute atomic E-state index is 0.318. The molecule has 0 atom stereocenters. The molecule has 0 unspecified atom stereocenters. The molecule has 0 spiro atoms. The van der Waals surface area contributed by atoms with Gasteiger partial charge < -0.3 is 10.6 Å². The Bertz CT molecular complexity index is 509. The van der Waals surface area contributed by atoms with Gasteiger partial charge in [0.25, 0.3) is 0 Å². The van der Waals surface area contributed by atoms with Gasteiger partial charge in [-0.2, -0.15) is 0 Å². The lowest BCUT2D eigenvalue weighted by atomic mass is 10.1. The maximum absolute atomic E-state index is 11.5. The van der Waals surface area contributed by atoms with Crippen molar-refractivity contribution < 1.29 is 4.79 Å². The van der Waals surface area contributed by atoms with Crippen LogP contribution >= 0.6 is 0 Å². The molecular formula is C19H24N2O. The molecule has 0 radical (unpaired) electrons. The first-order valence-electron chi connectivity index (χ1n) is 7.88. The van der Waals surface area contributed by atoms with Gasteiger partial charge in [-0.15, -0.1) is 0 Å². The average Bonchev–Trinajstić information content (AvgIpc) is 2.55. The lowest BCUT2D eigenvalue weighted by molar-refractivity contribution is 0.206. The van der Waals surface area contributed by atoms with Gasteiger partial charge >= 0.3 is 6.03 Å². The fourth-order valence-electron chi connectivity index (χ4n) is 2.57.